The topological polar surface area (TPSA) is 134 Å². The van der Waals surface area contributed by atoms with E-state index in [0.717, 1.165) is 56.2 Å². The van der Waals surface area contributed by atoms with E-state index in [1.54, 1.807) is 18.0 Å². The van der Waals surface area contributed by atoms with E-state index in [1.165, 1.54) is 0 Å². The molecule has 0 aromatic heterocycles. The van der Waals surface area contributed by atoms with Gasteiger partial charge < -0.3 is 15.1 Å². The minimum atomic E-state index is -3.80. The van der Waals surface area contributed by atoms with Crippen molar-refractivity contribution in [1.29, 1.82) is 0 Å². The summed E-state index contributed by atoms with van der Waals surface area (Å²) in [4.78, 5) is 48.7. The predicted molar refractivity (Wildman–Crippen MR) is 166 cm³/mol. The summed E-state index contributed by atoms with van der Waals surface area (Å²) in [6.45, 7) is 0.552. The molecule has 11 heteroatoms. The second-order valence-electron chi connectivity index (χ2n) is 13.0. The van der Waals surface area contributed by atoms with Crippen LogP contribution < -0.4 is 10.0 Å². The smallest absolute Gasteiger partial charge is 0.259 e. The number of nitrogens with zero attached hydrogens (tertiary/aromatic N) is 2. The number of amides is 3. The van der Waals surface area contributed by atoms with Gasteiger partial charge in [-0.05, 0) is 63.0 Å². The molecule has 1 aromatic carbocycles. The fraction of sp³-hybridized carbons (Fsp3) is 0.576. The van der Waals surface area contributed by atoms with Gasteiger partial charge >= 0.3 is 0 Å². The van der Waals surface area contributed by atoms with Crippen molar-refractivity contribution in [1.82, 2.24) is 14.9 Å². The molecule has 0 radical (unpaired) electrons. The third-order valence-corrected chi connectivity index (χ3v) is 11.5. The Morgan fingerprint density at radius 1 is 1.07 bits per heavy atom. The molecule has 1 aromatic rings. The summed E-state index contributed by atoms with van der Waals surface area (Å²) < 4.78 is 27.5. The highest BCUT2D eigenvalue weighted by atomic mass is 32.2. The molecule has 3 fully saturated rings. The SMILES string of the molecule is CN1CCCC/C=C\[C@H]2C[C@@]2(C(=O)NS(=O)(=O)C2CC2)NC(=O)[C@@H]2C[C@@H](O/N=C(/c3ccccc3)C3CCCC3)C=C2C1=O. The normalized spacial score (nSPS) is 30.8. The number of carbonyl (C=O) groups excluding carboxylic acids is 3. The van der Waals surface area contributed by atoms with Gasteiger partial charge in [0.05, 0.1) is 16.9 Å². The predicted octanol–water partition coefficient (Wildman–Crippen LogP) is 3.59. The highest BCUT2D eigenvalue weighted by molar-refractivity contribution is 7.91. The van der Waals surface area contributed by atoms with E-state index in [2.05, 4.69) is 15.2 Å². The molecular weight excluding hydrogens is 580 g/mol. The first-order valence-corrected chi connectivity index (χ1v) is 17.5. The van der Waals surface area contributed by atoms with Crippen LogP contribution in [-0.4, -0.2) is 67.2 Å². The summed E-state index contributed by atoms with van der Waals surface area (Å²) >= 11 is 0. The molecule has 6 rings (SSSR count). The van der Waals surface area contributed by atoms with Crippen molar-refractivity contribution in [3.8, 4) is 0 Å². The summed E-state index contributed by atoms with van der Waals surface area (Å²) in [5.74, 6) is -2.36. The molecule has 5 aliphatic rings. The fourth-order valence-corrected chi connectivity index (χ4v) is 8.11. The largest absolute Gasteiger partial charge is 0.388 e. The van der Waals surface area contributed by atoms with Crippen LogP contribution in [0, 0.1) is 17.8 Å². The van der Waals surface area contributed by atoms with Crippen LogP contribution in [0.25, 0.3) is 0 Å². The summed E-state index contributed by atoms with van der Waals surface area (Å²) in [6.07, 6.45) is 13.3. The lowest BCUT2D eigenvalue weighted by molar-refractivity contribution is -0.133. The summed E-state index contributed by atoms with van der Waals surface area (Å²) in [5.41, 5.74) is 0.824. The van der Waals surface area contributed by atoms with Crippen molar-refractivity contribution >= 4 is 33.5 Å². The van der Waals surface area contributed by atoms with Crippen molar-refractivity contribution in [3.05, 3.63) is 59.7 Å². The number of benzene rings is 1. The average molecular weight is 623 g/mol. The van der Waals surface area contributed by atoms with Crippen molar-refractivity contribution in [2.45, 2.75) is 87.5 Å². The van der Waals surface area contributed by atoms with Gasteiger partial charge in [-0.15, -0.1) is 0 Å². The van der Waals surface area contributed by atoms with E-state index in [0.29, 0.717) is 31.4 Å². The monoisotopic (exact) mass is 622 g/mol. The number of nitrogens with one attached hydrogen (secondary N) is 2. The van der Waals surface area contributed by atoms with Gasteiger partial charge in [0.1, 0.15) is 11.6 Å². The number of allylic oxidation sites excluding steroid dienone is 1. The van der Waals surface area contributed by atoms with Gasteiger partial charge in [-0.25, -0.2) is 8.42 Å². The molecule has 10 nitrogen and oxygen atoms in total. The molecule has 3 saturated carbocycles. The lowest BCUT2D eigenvalue weighted by atomic mass is 9.95. The Bertz CT molecular complexity index is 1480. The van der Waals surface area contributed by atoms with Crippen LogP contribution in [0.1, 0.15) is 76.2 Å². The zero-order valence-electron chi connectivity index (χ0n) is 25.2. The summed E-state index contributed by atoms with van der Waals surface area (Å²) in [6, 6.07) is 9.95. The van der Waals surface area contributed by atoms with Crippen molar-refractivity contribution in [3.63, 3.8) is 0 Å². The van der Waals surface area contributed by atoms with Crippen LogP contribution in [0.5, 0.6) is 0 Å². The molecule has 1 heterocycles. The minimum Gasteiger partial charge on any atom is -0.388 e. The zero-order chi connectivity index (χ0) is 30.9. The van der Waals surface area contributed by atoms with Crippen LogP contribution in [0.4, 0.5) is 0 Å². The number of rotatable bonds is 7. The molecule has 2 N–H and O–H groups in total. The van der Waals surface area contributed by atoms with Gasteiger partial charge in [-0.2, -0.15) is 0 Å². The zero-order valence-corrected chi connectivity index (χ0v) is 26.1. The summed E-state index contributed by atoms with van der Waals surface area (Å²) in [5, 5.41) is 6.96. The van der Waals surface area contributed by atoms with Gasteiger partial charge in [0.15, 0.2) is 0 Å². The van der Waals surface area contributed by atoms with Crippen LogP contribution in [0.3, 0.4) is 0 Å². The molecular formula is C33H42N4O6S. The molecule has 44 heavy (non-hydrogen) atoms. The number of carbonyl (C=O) groups is 3. The van der Waals surface area contributed by atoms with Gasteiger partial charge in [0, 0.05) is 37.4 Å². The average Bonchev–Trinajstić information content (AvgIpc) is 3.87. The molecule has 3 amide bonds. The first-order valence-electron chi connectivity index (χ1n) is 16.0. The third kappa shape index (κ3) is 6.48. The lowest BCUT2D eigenvalue weighted by Gasteiger charge is -2.24. The first kappa shape index (κ1) is 30.6. The Morgan fingerprint density at radius 2 is 1.82 bits per heavy atom. The Kier molecular flexibility index (Phi) is 8.68. The molecule has 4 atom stereocenters. The van der Waals surface area contributed by atoms with E-state index in [-0.39, 0.29) is 24.2 Å². The number of hydrogen-bond acceptors (Lipinski definition) is 7. The molecule has 0 saturated heterocycles. The van der Waals surface area contributed by atoms with E-state index >= 15 is 0 Å². The lowest BCUT2D eigenvalue weighted by Crippen LogP contribution is -2.54. The minimum absolute atomic E-state index is 0.190. The molecule has 0 spiro atoms. The highest BCUT2D eigenvalue weighted by Gasteiger charge is 2.61. The maximum atomic E-state index is 13.9. The van der Waals surface area contributed by atoms with Crippen molar-refractivity contribution < 1.29 is 27.6 Å². The molecule has 1 aliphatic heterocycles. The van der Waals surface area contributed by atoms with Crippen LogP contribution in [0.2, 0.25) is 0 Å². The highest BCUT2D eigenvalue weighted by Crippen LogP contribution is 2.46. The molecule has 4 aliphatic carbocycles. The van der Waals surface area contributed by atoms with Crippen molar-refractivity contribution in [2.24, 2.45) is 22.9 Å². The molecule has 0 bridgehead atoms. The van der Waals surface area contributed by atoms with E-state index in [4.69, 9.17) is 4.84 Å². The van der Waals surface area contributed by atoms with E-state index in [1.807, 2.05) is 42.5 Å². The second-order valence-corrected chi connectivity index (χ2v) is 14.9. The van der Waals surface area contributed by atoms with E-state index in [9.17, 15) is 22.8 Å². The van der Waals surface area contributed by atoms with Gasteiger partial charge in [0.25, 0.3) is 5.91 Å². The number of sulfonamides is 1. The standard InChI is InChI=1S/C33H42N4O6S/c1-37-18-10-3-2-7-15-24-21-33(24,32(40)36-44(41,42)26-16-17-26)34-30(38)27-19-25(20-28(27)31(37)39)43-35-29(23-13-8-9-14-23)22-11-5-4-6-12-22/h4-7,11-12,15,20,23-27H,2-3,8-10,13-14,16-19,21H2,1H3,(H,34,38)(H,36,40)/b15-7-,35-29-/t24-,25+,27+,33+/m0/s1. The van der Waals surface area contributed by atoms with Crippen LogP contribution in [0.15, 0.2) is 59.3 Å². The maximum Gasteiger partial charge on any atom is 0.259 e. The van der Waals surface area contributed by atoms with Gasteiger partial charge in [0.2, 0.25) is 21.8 Å². The van der Waals surface area contributed by atoms with Crippen LogP contribution >= 0.6 is 0 Å². The number of hydrogen-bond donors (Lipinski definition) is 2. The van der Waals surface area contributed by atoms with Crippen molar-refractivity contribution in [2.75, 3.05) is 13.6 Å². The molecule has 236 valence electrons. The number of likely N-dealkylation sites (N-methyl/N-ethyl adjacent to an activating group) is 1. The number of fused-ring (bicyclic) bond motifs is 2. The Hall–Kier alpha value is -3.47. The third-order valence-electron chi connectivity index (χ3n) is 9.66. The summed E-state index contributed by atoms with van der Waals surface area (Å²) in [7, 11) is -2.06. The quantitative estimate of drug-likeness (QED) is 0.271. The number of oxime groups is 1. The van der Waals surface area contributed by atoms with E-state index < -0.39 is 44.6 Å². The van der Waals surface area contributed by atoms with Gasteiger partial charge in [-0.3, -0.25) is 19.1 Å². The Morgan fingerprint density at radius 3 is 2.55 bits per heavy atom. The molecule has 0 unspecified atom stereocenters. The first-order chi connectivity index (χ1) is 21.2. The van der Waals surface area contributed by atoms with Crippen LogP contribution in [-0.2, 0) is 29.2 Å². The maximum absolute atomic E-state index is 13.9. The second kappa shape index (κ2) is 12.5. The Labute approximate surface area is 259 Å². The van der Waals surface area contributed by atoms with Gasteiger partial charge in [-0.1, -0.05) is 60.5 Å². The Balaban J connectivity index is 1.26. The fourth-order valence-electron chi connectivity index (χ4n) is 6.75.